The fourth-order valence-corrected chi connectivity index (χ4v) is 4.74. The predicted octanol–water partition coefficient (Wildman–Crippen LogP) is 3.19. The van der Waals surface area contributed by atoms with Crippen LogP contribution in [0, 0.1) is 5.41 Å². The molecule has 0 unspecified atom stereocenters. The van der Waals surface area contributed by atoms with Crippen molar-refractivity contribution < 1.29 is 4.74 Å². The summed E-state index contributed by atoms with van der Waals surface area (Å²) in [6.45, 7) is 4.77. The topological polar surface area (TPSA) is 24.5 Å². The molecule has 3 nitrogen and oxygen atoms in total. The van der Waals surface area contributed by atoms with Crippen LogP contribution in [0.25, 0.3) is 0 Å². The summed E-state index contributed by atoms with van der Waals surface area (Å²) in [5, 5.41) is 3.52. The Labute approximate surface area is 130 Å². The smallest absolute Gasteiger partial charge is 0.0576 e. The molecule has 0 radical (unpaired) electrons. The molecule has 2 aliphatic heterocycles. The Hall–Kier alpha value is -0.120. The summed E-state index contributed by atoms with van der Waals surface area (Å²) in [6.07, 6.45) is 14.4. The number of rotatable bonds is 5. The number of hydrogen-bond donors (Lipinski definition) is 1. The molecule has 3 rings (SSSR count). The minimum Gasteiger partial charge on any atom is -0.378 e. The monoisotopic (exact) mass is 294 g/mol. The minimum atomic E-state index is 0.572. The van der Waals surface area contributed by atoms with Crippen LogP contribution in [0.15, 0.2) is 0 Å². The highest BCUT2D eigenvalue weighted by atomic mass is 16.5. The van der Waals surface area contributed by atoms with Gasteiger partial charge in [0, 0.05) is 12.6 Å². The molecule has 0 aromatic carbocycles. The molecule has 2 saturated heterocycles. The molecule has 0 aromatic heterocycles. The first-order valence-corrected chi connectivity index (χ1v) is 9.30. The molecule has 122 valence electrons. The number of nitrogens with one attached hydrogen (secondary N) is 1. The third kappa shape index (κ3) is 4.20. The minimum absolute atomic E-state index is 0.572. The van der Waals surface area contributed by atoms with Crippen molar-refractivity contribution in [2.45, 2.75) is 76.4 Å². The third-order valence-electron chi connectivity index (χ3n) is 6.36. The van der Waals surface area contributed by atoms with Crippen LogP contribution in [0.5, 0.6) is 0 Å². The molecule has 1 atom stereocenters. The van der Waals surface area contributed by atoms with Crippen LogP contribution in [-0.2, 0) is 4.74 Å². The summed E-state index contributed by atoms with van der Waals surface area (Å²) >= 11 is 0. The van der Waals surface area contributed by atoms with Gasteiger partial charge in [-0.3, -0.25) is 0 Å². The molecule has 3 fully saturated rings. The largest absolute Gasteiger partial charge is 0.378 e. The highest BCUT2D eigenvalue weighted by Crippen LogP contribution is 2.44. The molecule has 3 heteroatoms. The summed E-state index contributed by atoms with van der Waals surface area (Å²) in [4.78, 5) is 2.64. The number of piperidine rings is 1. The lowest BCUT2D eigenvalue weighted by Crippen LogP contribution is -2.43. The molecule has 0 aromatic rings. The van der Waals surface area contributed by atoms with Crippen molar-refractivity contribution in [2.75, 3.05) is 33.3 Å². The Morgan fingerprint density at radius 2 is 1.86 bits per heavy atom. The lowest BCUT2D eigenvalue weighted by molar-refractivity contribution is 0.0699. The number of nitrogens with zero attached hydrogens (tertiary/aromatic N) is 1. The van der Waals surface area contributed by atoms with Crippen LogP contribution in [-0.4, -0.2) is 50.3 Å². The Balaban J connectivity index is 1.35. The van der Waals surface area contributed by atoms with E-state index in [0.717, 1.165) is 12.6 Å². The summed E-state index contributed by atoms with van der Waals surface area (Å²) < 4.78 is 5.73. The molecule has 1 N–H and O–H groups in total. The van der Waals surface area contributed by atoms with E-state index in [4.69, 9.17) is 4.74 Å². The van der Waals surface area contributed by atoms with Crippen LogP contribution in [0.2, 0.25) is 0 Å². The van der Waals surface area contributed by atoms with Crippen molar-refractivity contribution in [3.63, 3.8) is 0 Å². The Kier molecular flexibility index (Phi) is 5.58. The Morgan fingerprint density at radius 3 is 2.52 bits per heavy atom. The maximum atomic E-state index is 5.73. The molecular weight excluding hydrogens is 260 g/mol. The molecule has 1 aliphatic carbocycles. The fraction of sp³-hybridized carbons (Fsp3) is 1.00. The lowest BCUT2D eigenvalue weighted by atomic mass is 9.67. The molecule has 1 saturated carbocycles. The van der Waals surface area contributed by atoms with Crippen molar-refractivity contribution in [3.8, 4) is 0 Å². The van der Waals surface area contributed by atoms with Gasteiger partial charge in [0.2, 0.25) is 0 Å². The summed E-state index contributed by atoms with van der Waals surface area (Å²) in [7, 11) is 2.35. The predicted molar refractivity (Wildman–Crippen MR) is 87.6 cm³/mol. The van der Waals surface area contributed by atoms with Gasteiger partial charge in [-0.05, 0) is 96.3 Å². The first-order chi connectivity index (χ1) is 10.3. The van der Waals surface area contributed by atoms with Gasteiger partial charge in [-0.15, -0.1) is 0 Å². The first kappa shape index (κ1) is 15.8. The van der Waals surface area contributed by atoms with Crippen LogP contribution in [0.4, 0.5) is 0 Å². The van der Waals surface area contributed by atoms with Gasteiger partial charge < -0.3 is 15.0 Å². The van der Waals surface area contributed by atoms with Gasteiger partial charge in [0.15, 0.2) is 0 Å². The van der Waals surface area contributed by atoms with Gasteiger partial charge in [-0.1, -0.05) is 0 Å². The van der Waals surface area contributed by atoms with Gasteiger partial charge in [0.1, 0.15) is 0 Å². The second kappa shape index (κ2) is 7.43. The highest BCUT2D eigenvalue weighted by Gasteiger charge is 2.36. The highest BCUT2D eigenvalue weighted by molar-refractivity contribution is 4.91. The summed E-state index contributed by atoms with van der Waals surface area (Å²) in [6, 6.07) is 0.843. The van der Waals surface area contributed by atoms with Crippen molar-refractivity contribution in [1.29, 1.82) is 0 Å². The summed E-state index contributed by atoms with van der Waals surface area (Å²) in [5.41, 5.74) is 0.709. The fourth-order valence-electron chi connectivity index (χ4n) is 4.74. The normalized spacial score (nSPS) is 30.3. The number of ether oxygens (including phenoxy) is 1. The zero-order valence-corrected chi connectivity index (χ0v) is 13.9. The average molecular weight is 294 g/mol. The van der Waals surface area contributed by atoms with Gasteiger partial charge >= 0.3 is 0 Å². The van der Waals surface area contributed by atoms with E-state index in [-0.39, 0.29) is 0 Å². The van der Waals surface area contributed by atoms with E-state index >= 15 is 0 Å². The van der Waals surface area contributed by atoms with Crippen molar-refractivity contribution in [2.24, 2.45) is 5.41 Å². The van der Waals surface area contributed by atoms with E-state index < -0.39 is 0 Å². The van der Waals surface area contributed by atoms with Crippen molar-refractivity contribution in [3.05, 3.63) is 0 Å². The molecule has 0 amide bonds. The van der Waals surface area contributed by atoms with E-state index in [0.29, 0.717) is 11.5 Å². The second-order valence-corrected chi connectivity index (χ2v) is 7.74. The standard InChI is InChI=1S/C18H34N2O/c1-20(14-2-4-17-5-3-15-21-17)16-6-8-18(9-7-16)10-12-19-13-11-18/h16-17,19H,2-15H2,1H3/t17-/m1/s1. The van der Waals surface area contributed by atoms with Crippen LogP contribution in [0.1, 0.15) is 64.2 Å². The van der Waals surface area contributed by atoms with E-state index in [2.05, 4.69) is 17.3 Å². The van der Waals surface area contributed by atoms with E-state index in [9.17, 15) is 0 Å². The third-order valence-corrected chi connectivity index (χ3v) is 6.36. The van der Waals surface area contributed by atoms with Crippen LogP contribution >= 0.6 is 0 Å². The molecule has 3 aliphatic rings. The quantitative estimate of drug-likeness (QED) is 0.843. The number of hydrogen-bond acceptors (Lipinski definition) is 3. The molecule has 1 spiro atoms. The van der Waals surface area contributed by atoms with E-state index in [1.165, 1.54) is 83.8 Å². The second-order valence-electron chi connectivity index (χ2n) is 7.74. The van der Waals surface area contributed by atoms with E-state index in [1.54, 1.807) is 0 Å². The molecule has 0 bridgehead atoms. The zero-order valence-electron chi connectivity index (χ0n) is 13.9. The van der Waals surface area contributed by atoms with Crippen LogP contribution < -0.4 is 5.32 Å². The maximum Gasteiger partial charge on any atom is 0.0576 e. The van der Waals surface area contributed by atoms with Gasteiger partial charge in [0.25, 0.3) is 0 Å². The molecule has 21 heavy (non-hydrogen) atoms. The Morgan fingerprint density at radius 1 is 1.10 bits per heavy atom. The van der Waals surface area contributed by atoms with E-state index in [1.807, 2.05) is 0 Å². The molecular formula is C18H34N2O. The SMILES string of the molecule is CN(CCC[C@@H]1CCCO1)C1CCC2(CCNCC2)CC1. The zero-order chi connectivity index (χ0) is 14.5. The van der Waals surface area contributed by atoms with Gasteiger partial charge in [-0.25, -0.2) is 0 Å². The Bertz CT molecular complexity index is 298. The first-order valence-electron chi connectivity index (χ1n) is 9.30. The van der Waals surface area contributed by atoms with Gasteiger partial charge in [0.05, 0.1) is 6.10 Å². The van der Waals surface area contributed by atoms with Crippen molar-refractivity contribution >= 4 is 0 Å². The maximum absolute atomic E-state index is 5.73. The molecule has 2 heterocycles. The van der Waals surface area contributed by atoms with Crippen molar-refractivity contribution in [1.82, 2.24) is 10.2 Å². The summed E-state index contributed by atoms with van der Waals surface area (Å²) in [5.74, 6) is 0. The van der Waals surface area contributed by atoms with Gasteiger partial charge in [-0.2, -0.15) is 0 Å². The lowest BCUT2D eigenvalue weighted by Gasteiger charge is -2.45. The average Bonchev–Trinajstić information content (AvgIpc) is 3.02. The van der Waals surface area contributed by atoms with Crippen LogP contribution in [0.3, 0.4) is 0 Å².